The normalized spacial score (nSPS) is 15.7. The minimum absolute atomic E-state index is 0.662. The summed E-state index contributed by atoms with van der Waals surface area (Å²) in [5.74, 6) is 0. The summed E-state index contributed by atoms with van der Waals surface area (Å²) in [5, 5.41) is 0. The summed E-state index contributed by atoms with van der Waals surface area (Å²) in [6.07, 6.45) is 6.96. The van der Waals surface area contributed by atoms with Crippen LogP contribution in [0.25, 0.3) is 0 Å². The maximum atomic E-state index is 9.54. The van der Waals surface area contributed by atoms with Crippen molar-refractivity contribution >= 4 is 6.29 Å². The predicted octanol–water partition coefficient (Wildman–Crippen LogP) is 0.592. The van der Waals surface area contributed by atoms with Crippen LogP contribution in [0.4, 0.5) is 0 Å². The van der Waals surface area contributed by atoms with E-state index in [1.807, 2.05) is 0 Å². The van der Waals surface area contributed by atoms with E-state index in [1.165, 1.54) is 0 Å². The van der Waals surface area contributed by atoms with Crippen molar-refractivity contribution in [1.82, 2.24) is 0 Å². The Morgan fingerprint density at radius 1 is 1.67 bits per heavy atom. The van der Waals surface area contributed by atoms with Crippen molar-refractivity contribution in [1.29, 1.82) is 0 Å². The first-order valence-corrected chi connectivity index (χ1v) is 1.70. The lowest BCUT2D eigenvalue weighted by molar-refractivity contribution is 0.562. The van der Waals surface area contributed by atoms with Crippen LogP contribution >= 0.6 is 0 Å². The molecule has 0 heterocycles. The second kappa shape index (κ2) is 1.09. The molecule has 1 aliphatic carbocycles. The van der Waals surface area contributed by atoms with E-state index >= 15 is 0 Å². The van der Waals surface area contributed by atoms with Crippen LogP contribution < -0.4 is 0 Å². The summed E-state index contributed by atoms with van der Waals surface area (Å²) >= 11 is 0. The van der Waals surface area contributed by atoms with Crippen molar-refractivity contribution in [2.24, 2.45) is 0 Å². The fraction of sp³-hybridized carbons (Fsp3) is 0. The van der Waals surface area contributed by atoms with Gasteiger partial charge in [-0.05, 0) is 0 Å². The zero-order valence-electron chi connectivity index (χ0n) is 3.14. The van der Waals surface area contributed by atoms with Gasteiger partial charge in [0.2, 0.25) is 6.29 Å². The highest BCUT2D eigenvalue weighted by Gasteiger charge is 1.91. The number of allylic oxidation sites excluding steroid dienone is 4. The number of hydrogen-bond donors (Lipinski definition) is 0. The Kier molecular flexibility index (Phi) is 0.607. The second-order valence-electron chi connectivity index (χ2n) is 1.08. The monoisotopic (exact) mass is 79.0 g/mol. The van der Waals surface area contributed by atoms with Gasteiger partial charge in [-0.3, -0.25) is 4.79 Å². The lowest BCUT2D eigenvalue weighted by atomic mass is 10.1. The maximum Gasteiger partial charge on any atom is 0.233 e. The van der Waals surface area contributed by atoms with E-state index in [-0.39, 0.29) is 0 Å². The van der Waals surface area contributed by atoms with Crippen LogP contribution in [0.15, 0.2) is 23.8 Å². The first kappa shape index (κ1) is 3.34. The van der Waals surface area contributed by atoms with Crippen LogP contribution in [0.1, 0.15) is 0 Å². The number of carbonyl (C=O) groups excluding carboxylic acids is 1. The summed E-state index contributed by atoms with van der Waals surface area (Å²) < 4.78 is 0. The van der Waals surface area contributed by atoms with Crippen molar-refractivity contribution in [3.63, 3.8) is 0 Å². The van der Waals surface area contributed by atoms with Crippen molar-refractivity contribution in [3.05, 3.63) is 23.8 Å². The fourth-order valence-electron chi connectivity index (χ4n) is 0.260. The van der Waals surface area contributed by atoms with Crippen LogP contribution in [0.5, 0.6) is 0 Å². The molecular weight excluding hydrogens is 76.1 g/mol. The Balaban J connectivity index is 2.57. The zero-order valence-corrected chi connectivity index (χ0v) is 3.14. The molecule has 0 aromatic rings. The summed E-state index contributed by atoms with van der Waals surface area (Å²) in [5.41, 5.74) is 0.662. The highest BCUT2D eigenvalue weighted by Crippen LogP contribution is 2.01. The SMILES string of the molecule is O=[C]C1=CC=C1. The second-order valence-corrected chi connectivity index (χ2v) is 1.08. The zero-order chi connectivity index (χ0) is 4.41. The Morgan fingerprint density at radius 2 is 2.33 bits per heavy atom. The molecule has 0 atom stereocenters. The topological polar surface area (TPSA) is 17.1 Å². The van der Waals surface area contributed by atoms with Gasteiger partial charge in [-0.25, -0.2) is 0 Å². The fourth-order valence-corrected chi connectivity index (χ4v) is 0.260. The molecule has 0 spiro atoms. The molecule has 0 amide bonds. The molecule has 0 fully saturated rings. The van der Waals surface area contributed by atoms with Crippen LogP contribution in [0.2, 0.25) is 0 Å². The molecule has 0 aromatic carbocycles. The summed E-state index contributed by atoms with van der Waals surface area (Å²) in [7, 11) is 0. The molecule has 1 aliphatic rings. The van der Waals surface area contributed by atoms with E-state index in [0.717, 1.165) is 0 Å². The summed E-state index contributed by atoms with van der Waals surface area (Å²) in [6.45, 7) is 0. The first-order chi connectivity index (χ1) is 2.93. The Hall–Kier alpha value is -0.850. The molecule has 0 unspecified atom stereocenters. The number of hydrogen-bond acceptors (Lipinski definition) is 1. The Bertz CT molecular complexity index is 116. The van der Waals surface area contributed by atoms with E-state index in [9.17, 15) is 4.79 Å². The van der Waals surface area contributed by atoms with E-state index in [2.05, 4.69) is 0 Å². The third kappa shape index (κ3) is 0.285. The molecule has 29 valence electrons. The van der Waals surface area contributed by atoms with Crippen LogP contribution in [-0.4, -0.2) is 6.29 Å². The lowest BCUT2D eigenvalue weighted by Crippen LogP contribution is -1.82. The van der Waals surface area contributed by atoms with Gasteiger partial charge in [0.25, 0.3) is 0 Å². The molecule has 0 aliphatic heterocycles. The van der Waals surface area contributed by atoms with Crippen molar-refractivity contribution in [3.8, 4) is 0 Å². The van der Waals surface area contributed by atoms with Gasteiger partial charge in [0.15, 0.2) is 0 Å². The van der Waals surface area contributed by atoms with Crippen LogP contribution in [-0.2, 0) is 4.79 Å². The molecule has 1 heteroatoms. The minimum atomic E-state index is 0.662. The van der Waals surface area contributed by atoms with E-state index < -0.39 is 0 Å². The third-order valence-corrected chi connectivity index (χ3v) is 0.669. The minimum Gasteiger partial charge on any atom is -0.285 e. The third-order valence-electron chi connectivity index (χ3n) is 0.669. The molecule has 0 saturated heterocycles. The Morgan fingerprint density at radius 3 is 2.33 bits per heavy atom. The quantitative estimate of drug-likeness (QED) is 0.449. The van der Waals surface area contributed by atoms with Gasteiger partial charge in [0.1, 0.15) is 0 Å². The highest BCUT2D eigenvalue weighted by molar-refractivity contribution is 5.81. The van der Waals surface area contributed by atoms with E-state index in [4.69, 9.17) is 0 Å². The molecule has 1 nitrogen and oxygen atoms in total. The average molecular weight is 79.1 g/mol. The summed E-state index contributed by atoms with van der Waals surface area (Å²) in [6, 6.07) is 0. The molecule has 6 heavy (non-hydrogen) atoms. The van der Waals surface area contributed by atoms with E-state index in [0.29, 0.717) is 5.57 Å². The Labute approximate surface area is 36.0 Å². The maximum absolute atomic E-state index is 9.54. The molecule has 0 N–H and O–H groups in total. The molecule has 0 bridgehead atoms. The van der Waals surface area contributed by atoms with E-state index in [1.54, 1.807) is 24.5 Å². The first-order valence-electron chi connectivity index (χ1n) is 1.70. The smallest absolute Gasteiger partial charge is 0.233 e. The largest absolute Gasteiger partial charge is 0.285 e. The molecule has 0 saturated carbocycles. The van der Waals surface area contributed by atoms with Gasteiger partial charge in [0, 0.05) is 5.57 Å². The van der Waals surface area contributed by atoms with Gasteiger partial charge >= 0.3 is 0 Å². The van der Waals surface area contributed by atoms with Crippen LogP contribution in [0, 0.1) is 0 Å². The molecule has 1 radical (unpaired) electrons. The number of rotatable bonds is 1. The van der Waals surface area contributed by atoms with Crippen LogP contribution in [0.3, 0.4) is 0 Å². The van der Waals surface area contributed by atoms with Crippen molar-refractivity contribution < 1.29 is 4.79 Å². The molecule has 1 rings (SSSR count). The van der Waals surface area contributed by atoms with Gasteiger partial charge < -0.3 is 0 Å². The summed E-state index contributed by atoms with van der Waals surface area (Å²) in [4.78, 5) is 9.54. The lowest BCUT2D eigenvalue weighted by Gasteiger charge is -1.90. The van der Waals surface area contributed by atoms with Crippen molar-refractivity contribution in [2.75, 3.05) is 0 Å². The van der Waals surface area contributed by atoms with Gasteiger partial charge in [0.05, 0.1) is 0 Å². The molecule has 0 aromatic heterocycles. The van der Waals surface area contributed by atoms with Gasteiger partial charge in [-0.15, -0.1) is 0 Å². The highest BCUT2D eigenvalue weighted by atomic mass is 16.1. The average Bonchev–Trinajstić information content (AvgIpc) is 1.31. The molecular formula is C5H3O. The predicted molar refractivity (Wildman–Crippen MR) is 22.9 cm³/mol. The van der Waals surface area contributed by atoms with Gasteiger partial charge in [-0.2, -0.15) is 0 Å². The van der Waals surface area contributed by atoms with Gasteiger partial charge in [-0.1, -0.05) is 18.2 Å². The van der Waals surface area contributed by atoms with Crippen molar-refractivity contribution in [2.45, 2.75) is 0 Å². The standard InChI is InChI=1S/C5H3O/c6-4-5-2-1-3-5/h1-3H.